The molecule has 0 saturated carbocycles. The third-order valence-corrected chi connectivity index (χ3v) is 5.43. The number of benzene rings is 4. The van der Waals surface area contributed by atoms with E-state index < -0.39 is 0 Å². The van der Waals surface area contributed by atoms with Crippen LogP contribution in [-0.2, 0) is 9.53 Å². The molecule has 0 aliphatic carbocycles. The van der Waals surface area contributed by atoms with Gasteiger partial charge >= 0.3 is 0 Å². The zero-order chi connectivity index (χ0) is 21.8. The summed E-state index contributed by atoms with van der Waals surface area (Å²) in [6, 6.07) is 33.2. The highest BCUT2D eigenvalue weighted by atomic mass is 16.5. The molecule has 0 fully saturated rings. The summed E-state index contributed by atoms with van der Waals surface area (Å²) in [7, 11) is 1.59. The Morgan fingerprint density at radius 2 is 1.26 bits per heavy atom. The number of allylic oxidation sites excluding steroid dienone is 2. The first-order valence-corrected chi connectivity index (χ1v) is 10.3. The molecule has 0 saturated heterocycles. The third-order valence-electron chi connectivity index (χ3n) is 5.43. The number of carbonyl (C=O) groups excluding carboxylic acids is 1. The van der Waals surface area contributed by atoms with Gasteiger partial charge < -0.3 is 9.64 Å². The number of ether oxygens (including phenoxy) is 1. The molecule has 4 aromatic carbocycles. The molecule has 0 aromatic heterocycles. The number of hydrogen-bond acceptors (Lipinski definition) is 3. The van der Waals surface area contributed by atoms with Gasteiger partial charge in [-0.1, -0.05) is 60.7 Å². The second-order valence-electron chi connectivity index (χ2n) is 7.44. The van der Waals surface area contributed by atoms with Gasteiger partial charge in [-0.25, -0.2) is 0 Å². The molecule has 0 radical (unpaired) electrons. The van der Waals surface area contributed by atoms with Crippen molar-refractivity contribution in [2.45, 2.75) is 13.8 Å². The van der Waals surface area contributed by atoms with Crippen molar-refractivity contribution in [1.82, 2.24) is 0 Å². The second-order valence-corrected chi connectivity index (χ2v) is 7.44. The summed E-state index contributed by atoms with van der Waals surface area (Å²) in [4.78, 5) is 14.4. The van der Waals surface area contributed by atoms with Crippen molar-refractivity contribution in [3.8, 4) is 0 Å². The Bertz CT molecular complexity index is 1240. The number of para-hydroxylation sites is 1. The number of rotatable bonds is 6. The molecule has 0 spiro atoms. The Morgan fingerprint density at radius 1 is 0.677 bits per heavy atom. The summed E-state index contributed by atoms with van der Waals surface area (Å²) in [6.45, 7) is 3.38. The van der Waals surface area contributed by atoms with Crippen molar-refractivity contribution in [2.24, 2.45) is 0 Å². The standard InChI is InChI=1S/C28H25NO2/c1-20(30)28(21(2)31-3)23-14-16-26(17-15-23)29(25-11-5-4-6-12-25)27-18-13-22-9-7-8-10-24(22)19-27/h4-19H,1-3H3/b28-21+. The molecule has 31 heavy (non-hydrogen) atoms. The molecule has 4 rings (SSSR count). The van der Waals surface area contributed by atoms with Crippen LogP contribution in [0.25, 0.3) is 16.3 Å². The molecule has 154 valence electrons. The molecule has 0 aliphatic heterocycles. The van der Waals surface area contributed by atoms with Crippen LogP contribution in [0.15, 0.2) is 103 Å². The smallest absolute Gasteiger partial charge is 0.163 e. The van der Waals surface area contributed by atoms with Gasteiger partial charge in [-0.05, 0) is 66.6 Å². The summed E-state index contributed by atoms with van der Waals surface area (Å²) in [5, 5.41) is 2.40. The fraction of sp³-hybridized carbons (Fsp3) is 0.107. The highest BCUT2D eigenvalue weighted by Gasteiger charge is 2.16. The molecule has 0 amide bonds. The van der Waals surface area contributed by atoms with Gasteiger partial charge in [0.1, 0.15) is 5.76 Å². The van der Waals surface area contributed by atoms with E-state index in [-0.39, 0.29) is 5.78 Å². The van der Waals surface area contributed by atoms with Crippen LogP contribution in [0.5, 0.6) is 0 Å². The average Bonchev–Trinajstić information content (AvgIpc) is 2.80. The van der Waals surface area contributed by atoms with Crippen molar-refractivity contribution in [1.29, 1.82) is 0 Å². The van der Waals surface area contributed by atoms with Gasteiger partial charge in [-0.2, -0.15) is 0 Å². The van der Waals surface area contributed by atoms with E-state index in [1.807, 2.05) is 49.4 Å². The van der Waals surface area contributed by atoms with Crippen LogP contribution in [0.3, 0.4) is 0 Å². The van der Waals surface area contributed by atoms with Crippen molar-refractivity contribution < 1.29 is 9.53 Å². The Labute approximate surface area is 183 Å². The zero-order valence-corrected chi connectivity index (χ0v) is 18.0. The SMILES string of the molecule is CO/C(C)=C(\C(C)=O)c1ccc(N(c2ccccc2)c2ccc3ccccc3c2)cc1. The van der Waals surface area contributed by atoms with E-state index in [2.05, 4.69) is 59.5 Å². The minimum absolute atomic E-state index is 0.0125. The van der Waals surface area contributed by atoms with Crippen LogP contribution >= 0.6 is 0 Å². The average molecular weight is 408 g/mol. The fourth-order valence-corrected chi connectivity index (χ4v) is 3.87. The summed E-state index contributed by atoms with van der Waals surface area (Å²) < 4.78 is 5.33. The van der Waals surface area contributed by atoms with Crippen LogP contribution in [0.2, 0.25) is 0 Å². The maximum atomic E-state index is 12.2. The van der Waals surface area contributed by atoms with Gasteiger partial charge in [0.15, 0.2) is 5.78 Å². The van der Waals surface area contributed by atoms with E-state index >= 15 is 0 Å². The van der Waals surface area contributed by atoms with Gasteiger partial charge in [0.05, 0.1) is 12.7 Å². The molecule has 0 heterocycles. The van der Waals surface area contributed by atoms with Crippen LogP contribution in [0, 0.1) is 0 Å². The Hall–Kier alpha value is -3.85. The van der Waals surface area contributed by atoms with Crippen molar-refractivity contribution in [3.05, 3.63) is 108 Å². The normalized spacial score (nSPS) is 11.7. The molecule has 0 unspecified atom stereocenters. The largest absolute Gasteiger partial charge is 0.501 e. The van der Waals surface area contributed by atoms with Crippen LogP contribution in [-0.4, -0.2) is 12.9 Å². The number of Topliss-reactive ketones (excluding diaryl/α,β-unsaturated/α-hetero) is 1. The molecular formula is C28H25NO2. The molecular weight excluding hydrogens is 382 g/mol. The first-order valence-electron chi connectivity index (χ1n) is 10.3. The number of methoxy groups -OCH3 is 1. The lowest BCUT2D eigenvalue weighted by Crippen LogP contribution is -2.10. The number of nitrogens with zero attached hydrogens (tertiary/aromatic N) is 1. The Morgan fingerprint density at radius 3 is 1.90 bits per heavy atom. The van der Waals surface area contributed by atoms with Crippen molar-refractivity contribution >= 4 is 39.2 Å². The Balaban J connectivity index is 1.82. The van der Waals surface area contributed by atoms with E-state index in [1.54, 1.807) is 14.0 Å². The van der Waals surface area contributed by atoms with E-state index in [9.17, 15) is 4.79 Å². The van der Waals surface area contributed by atoms with Gasteiger partial charge in [0.2, 0.25) is 0 Å². The minimum atomic E-state index is -0.0125. The van der Waals surface area contributed by atoms with Gasteiger partial charge in [-0.3, -0.25) is 4.79 Å². The quantitative estimate of drug-likeness (QED) is 0.248. The van der Waals surface area contributed by atoms with E-state index in [1.165, 1.54) is 10.8 Å². The number of fused-ring (bicyclic) bond motifs is 1. The molecule has 3 heteroatoms. The minimum Gasteiger partial charge on any atom is -0.501 e. The maximum absolute atomic E-state index is 12.2. The fourth-order valence-electron chi connectivity index (χ4n) is 3.87. The molecule has 0 bridgehead atoms. The van der Waals surface area contributed by atoms with Crippen molar-refractivity contribution in [3.63, 3.8) is 0 Å². The van der Waals surface area contributed by atoms with Gasteiger partial charge in [-0.15, -0.1) is 0 Å². The number of anilines is 3. The van der Waals surface area contributed by atoms with Crippen LogP contribution < -0.4 is 4.90 Å². The van der Waals surface area contributed by atoms with Crippen LogP contribution in [0.4, 0.5) is 17.1 Å². The lowest BCUT2D eigenvalue weighted by molar-refractivity contribution is -0.111. The monoisotopic (exact) mass is 407 g/mol. The second kappa shape index (κ2) is 8.88. The molecule has 0 N–H and O–H groups in total. The number of carbonyl (C=O) groups is 1. The molecule has 3 nitrogen and oxygen atoms in total. The highest BCUT2D eigenvalue weighted by Crippen LogP contribution is 2.36. The summed E-state index contributed by atoms with van der Waals surface area (Å²) >= 11 is 0. The van der Waals surface area contributed by atoms with Gasteiger partial charge in [0, 0.05) is 17.1 Å². The molecule has 0 aliphatic rings. The first kappa shape index (κ1) is 20.4. The molecule has 0 atom stereocenters. The van der Waals surface area contributed by atoms with Crippen molar-refractivity contribution in [2.75, 3.05) is 12.0 Å². The third kappa shape index (κ3) is 4.22. The summed E-state index contributed by atoms with van der Waals surface area (Å²) in [6.07, 6.45) is 0. The number of hydrogen-bond donors (Lipinski definition) is 0. The van der Waals surface area contributed by atoms with E-state index in [0.29, 0.717) is 11.3 Å². The van der Waals surface area contributed by atoms with Gasteiger partial charge in [0.25, 0.3) is 0 Å². The lowest BCUT2D eigenvalue weighted by atomic mass is 10.0. The van der Waals surface area contributed by atoms with E-state index in [0.717, 1.165) is 22.6 Å². The summed E-state index contributed by atoms with van der Waals surface area (Å²) in [5.41, 5.74) is 4.62. The summed E-state index contributed by atoms with van der Waals surface area (Å²) in [5.74, 6) is 0.608. The number of ketones is 1. The topological polar surface area (TPSA) is 29.5 Å². The van der Waals surface area contributed by atoms with Crippen LogP contribution in [0.1, 0.15) is 19.4 Å². The zero-order valence-electron chi connectivity index (χ0n) is 18.0. The predicted molar refractivity (Wildman–Crippen MR) is 129 cm³/mol. The lowest BCUT2D eigenvalue weighted by Gasteiger charge is -2.26. The first-order chi connectivity index (χ1) is 15.1. The van der Waals surface area contributed by atoms with E-state index in [4.69, 9.17) is 4.74 Å². The Kier molecular flexibility index (Phi) is 5.85. The predicted octanol–water partition coefficient (Wildman–Crippen LogP) is 7.28. The molecule has 4 aromatic rings. The maximum Gasteiger partial charge on any atom is 0.163 e. The highest BCUT2D eigenvalue weighted by molar-refractivity contribution is 6.20.